The van der Waals surface area contributed by atoms with Crippen LogP contribution in [0.3, 0.4) is 0 Å². The number of hydrogen-bond donors (Lipinski definition) is 2. The molecule has 0 aliphatic heterocycles. The summed E-state index contributed by atoms with van der Waals surface area (Å²) in [5, 5.41) is 11.7. The third-order valence-corrected chi connectivity index (χ3v) is 2.76. The largest absolute Gasteiger partial charge is 0.392 e. The Morgan fingerprint density at radius 2 is 2.05 bits per heavy atom. The number of nitrogens with zero attached hydrogens (tertiary/aromatic N) is 1. The summed E-state index contributed by atoms with van der Waals surface area (Å²) in [7, 11) is 0. The molecule has 4 heteroatoms. The second-order valence-corrected chi connectivity index (χ2v) is 4.44. The van der Waals surface area contributed by atoms with E-state index in [0.717, 1.165) is 5.56 Å². The number of aliphatic hydroxyl groups is 1. The maximum atomic E-state index is 11.8. The molecule has 0 aliphatic carbocycles. The summed E-state index contributed by atoms with van der Waals surface area (Å²) in [5.74, 6) is 0.170. The molecule has 0 saturated carbocycles. The van der Waals surface area contributed by atoms with Gasteiger partial charge >= 0.3 is 0 Å². The number of carbonyl (C=O) groups is 1. The van der Waals surface area contributed by atoms with E-state index in [1.807, 2.05) is 31.2 Å². The van der Waals surface area contributed by atoms with Gasteiger partial charge in [-0.2, -0.15) is 0 Å². The van der Waals surface area contributed by atoms with E-state index in [1.54, 1.807) is 24.4 Å². The fourth-order valence-corrected chi connectivity index (χ4v) is 1.66. The van der Waals surface area contributed by atoms with Crippen molar-refractivity contribution in [3.8, 4) is 0 Å². The quantitative estimate of drug-likeness (QED) is 0.838. The van der Waals surface area contributed by atoms with Crippen LogP contribution in [0.15, 0.2) is 48.7 Å². The number of benzene rings is 1. The molecule has 0 atom stereocenters. The Bertz CT molecular complexity index is 619. The molecule has 0 bridgehead atoms. The Kier molecular flexibility index (Phi) is 4.63. The summed E-state index contributed by atoms with van der Waals surface area (Å²) < 4.78 is 0. The molecule has 2 rings (SSSR count). The molecular weight excluding hydrogens is 252 g/mol. The average Bonchev–Trinajstić information content (AvgIpc) is 2.47. The monoisotopic (exact) mass is 268 g/mol. The summed E-state index contributed by atoms with van der Waals surface area (Å²) in [5.41, 5.74) is 2.84. The zero-order valence-corrected chi connectivity index (χ0v) is 11.2. The third-order valence-electron chi connectivity index (χ3n) is 2.76. The van der Waals surface area contributed by atoms with Crippen molar-refractivity contribution in [1.29, 1.82) is 0 Å². The van der Waals surface area contributed by atoms with Crippen LogP contribution in [-0.2, 0) is 11.4 Å². The number of rotatable bonds is 4. The summed E-state index contributed by atoms with van der Waals surface area (Å²) in [4.78, 5) is 15.8. The lowest BCUT2D eigenvalue weighted by molar-refractivity contribution is -0.111. The van der Waals surface area contributed by atoms with Gasteiger partial charge in [0.05, 0.1) is 6.61 Å². The summed E-state index contributed by atoms with van der Waals surface area (Å²) >= 11 is 0. The highest BCUT2D eigenvalue weighted by Gasteiger charge is 2.00. The molecule has 2 aromatic rings. The van der Waals surface area contributed by atoms with Crippen LogP contribution in [0.1, 0.15) is 16.7 Å². The molecule has 4 nitrogen and oxygen atoms in total. The molecule has 0 radical (unpaired) electrons. The van der Waals surface area contributed by atoms with Crippen molar-refractivity contribution in [2.75, 3.05) is 5.32 Å². The van der Waals surface area contributed by atoms with Crippen LogP contribution in [0.5, 0.6) is 0 Å². The number of aromatic nitrogens is 1. The number of amides is 1. The maximum absolute atomic E-state index is 11.8. The molecule has 0 spiro atoms. The minimum atomic E-state index is -0.256. The van der Waals surface area contributed by atoms with E-state index in [1.165, 1.54) is 11.6 Å². The normalized spacial score (nSPS) is 10.7. The lowest BCUT2D eigenvalue weighted by Gasteiger charge is -2.02. The number of anilines is 1. The van der Waals surface area contributed by atoms with Gasteiger partial charge in [0.15, 0.2) is 0 Å². The zero-order valence-electron chi connectivity index (χ0n) is 11.2. The van der Waals surface area contributed by atoms with Gasteiger partial charge in [-0.15, -0.1) is 0 Å². The number of carbonyl (C=O) groups excluding carboxylic acids is 1. The Morgan fingerprint density at radius 3 is 2.75 bits per heavy atom. The van der Waals surface area contributed by atoms with Crippen molar-refractivity contribution in [2.45, 2.75) is 13.5 Å². The molecule has 0 fully saturated rings. The van der Waals surface area contributed by atoms with Crippen LogP contribution < -0.4 is 5.32 Å². The smallest absolute Gasteiger partial charge is 0.249 e. The fraction of sp³-hybridized carbons (Fsp3) is 0.125. The van der Waals surface area contributed by atoms with Gasteiger partial charge in [-0.1, -0.05) is 29.8 Å². The summed E-state index contributed by atoms with van der Waals surface area (Å²) in [6.45, 7) is 1.94. The maximum Gasteiger partial charge on any atom is 0.249 e. The Hall–Kier alpha value is -2.46. The molecule has 0 aliphatic rings. The Morgan fingerprint density at radius 1 is 1.30 bits per heavy atom. The van der Waals surface area contributed by atoms with Gasteiger partial charge in [-0.3, -0.25) is 4.79 Å². The molecular formula is C16H16N2O2. The van der Waals surface area contributed by atoms with Gasteiger partial charge in [0.1, 0.15) is 5.82 Å². The van der Waals surface area contributed by atoms with Gasteiger partial charge in [-0.05, 0) is 36.3 Å². The number of aliphatic hydroxyl groups excluding tert-OH is 1. The van der Waals surface area contributed by atoms with Gasteiger partial charge in [-0.25, -0.2) is 4.98 Å². The van der Waals surface area contributed by atoms with Crippen molar-refractivity contribution in [3.63, 3.8) is 0 Å². The minimum Gasteiger partial charge on any atom is -0.392 e. The number of hydrogen-bond acceptors (Lipinski definition) is 3. The predicted octanol–water partition coefficient (Wildman–Crippen LogP) is 2.53. The first-order valence-corrected chi connectivity index (χ1v) is 6.29. The minimum absolute atomic E-state index is 0.0788. The van der Waals surface area contributed by atoms with E-state index in [0.29, 0.717) is 11.4 Å². The standard InChI is InChI=1S/C16H16N2O2/c1-12-2-4-13(5-3-12)6-7-16(20)18-15-10-14(11-19)8-9-17-15/h2-10,19H,11H2,1H3,(H,17,18,20)/b7-6+. The highest BCUT2D eigenvalue weighted by molar-refractivity contribution is 6.01. The van der Waals surface area contributed by atoms with Crippen LogP contribution in [0.2, 0.25) is 0 Å². The molecule has 1 aromatic carbocycles. The molecule has 20 heavy (non-hydrogen) atoms. The van der Waals surface area contributed by atoms with Gasteiger partial charge in [0.25, 0.3) is 0 Å². The van der Waals surface area contributed by atoms with Crippen molar-refractivity contribution >= 4 is 17.8 Å². The lowest BCUT2D eigenvalue weighted by atomic mass is 10.1. The molecule has 1 heterocycles. The SMILES string of the molecule is Cc1ccc(/C=C/C(=O)Nc2cc(CO)ccn2)cc1. The van der Waals surface area contributed by atoms with Crippen molar-refractivity contribution in [1.82, 2.24) is 4.98 Å². The number of aryl methyl sites for hydroxylation is 1. The topological polar surface area (TPSA) is 62.2 Å². The van der Waals surface area contributed by atoms with Crippen LogP contribution in [0, 0.1) is 6.92 Å². The molecule has 102 valence electrons. The van der Waals surface area contributed by atoms with E-state index in [2.05, 4.69) is 10.3 Å². The molecule has 1 amide bonds. The lowest BCUT2D eigenvalue weighted by Crippen LogP contribution is -2.09. The van der Waals surface area contributed by atoms with Gasteiger partial charge in [0.2, 0.25) is 5.91 Å². The Balaban J connectivity index is 1.99. The van der Waals surface area contributed by atoms with Crippen molar-refractivity contribution in [3.05, 3.63) is 65.4 Å². The molecule has 1 aromatic heterocycles. The van der Waals surface area contributed by atoms with E-state index >= 15 is 0 Å². The fourth-order valence-electron chi connectivity index (χ4n) is 1.66. The summed E-state index contributed by atoms with van der Waals surface area (Å²) in [6, 6.07) is 11.2. The van der Waals surface area contributed by atoms with E-state index in [-0.39, 0.29) is 12.5 Å². The first kappa shape index (κ1) is 14.0. The zero-order chi connectivity index (χ0) is 14.4. The predicted molar refractivity (Wildman–Crippen MR) is 79.0 cm³/mol. The molecule has 0 unspecified atom stereocenters. The highest BCUT2D eigenvalue weighted by atomic mass is 16.3. The van der Waals surface area contributed by atoms with Crippen LogP contribution in [-0.4, -0.2) is 16.0 Å². The van der Waals surface area contributed by atoms with Crippen LogP contribution in [0.25, 0.3) is 6.08 Å². The average molecular weight is 268 g/mol. The first-order chi connectivity index (χ1) is 9.67. The van der Waals surface area contributed by atoms with E-state index in [4.69, 9.17) is 5.11 Å². The third kappa shape index (κ3) is 4.03. The van der Waals surface area contributed by atoms with E-state index < -0.39 is 0 Å². The summed E-state index contributed by atoms with van der Waals surface area (Å²) in [6.07, 6.45) is 4.74. The van der Waals surface area contributed by atoms with E-state index in [9.17, 15) is 4.79 Å². The second-order valence-electron chi connectivity index (χ2n) is 4.44. The molecule has 0 saturated heterocycles. The second kappa shape index (κ2) is 6.63. The Labute approximate surface area is 117 Å². The number of pyridine rings is 1. The van der Waals surface area contributed by atoms with Gasteiger partial charge < -0.3 is 10.4 Å². The van der Waals surface area contributed by atoms with Crippen LogP contribution >= 0.6 is 0 Å². The van der Waals surface area contributed by atoms with Crippen LogP contribution in [0.4, 0.5) is 5.82 Å². The molecule has 2 N–H and O–H groups in total. The highest BCUT2D eigenvalue weighted by Crippen LogP contribution is 2.08. The van der Waals surface area contributed by atoms with Gasteiger partial charge in [0, 0.05) is 12.3 Å². The van der Waals surface area contributed by atoms with Crippen molar-refractivity contribution < 1.29 is 9.90 Å². The number of nitrogens with one attached hydrogen (secondary N) is 1. The van der Waals surface area contributed by atoms with Crippen molar-refractivity contribution in [2.24, 2.45) is 0 Å². The first-order valence-electron chi connectivity index (χ1n) is 6.29.